The summed E-state index contributed by atoms with van der Waals surface area (Å²) in [5, 5.41) is 0. The summed E-state index contributed by atoms with van der Waals surface area (Å²) in [4.78, 5) is 13.7. The summed E-state index contributed by atoms with van der Waals surface area (Å²) in [5.41, 5.74) is 1.89. The molecule has 2 nitrogen and oxygen atoms in total. The molecule has 0 saturated carbocycles. The first-order valence-corrected chi connectivity index (χ1v) is 6.84. The minimum atomic E-state index is -0.305. The maximum absolute atomic E-state index is 12.8. The van der Waals surface area contributed by atoms with Crippen molar-refractivity contribution in [1.29, 1.82) is 0 Å². The third-order valence-electron chi connectivity index (χ3n) is 2.68. The highest BCUT2D eigenvalue weighted by Gasteiger charge is 2.05. The molecule has 0 fully saturated rings. The van der Waals surface area contributed by atoms with Gasteiger partial charge in [0.15, 0.2) is 0 Å². The molecule has 0 radical (unpaired) electrons. The lowest BCUT2D eigenvalue weighted by Crippen LogP contribution is -2.19. The third kappa shape index (κ3) is 3.83. The van der Waals surface area contributed by atoms with Gasteiger partial charge in [0, 0.05) is 10.6 Å². The highest BCUT2D eigenvalue weighted by Crippen LogP contribution is 2.22. The number of rotatable bonds is 5. The average molecular weight is 275 g/mol. The van der Waals surface area contributed by atoms with Crippen LogP contribution in [0.4, 0.5) is 10.1 Å². The number of thioether (sulfide) groups is 1. The standard InChI is InChI=1S/C15H14FNOS/c1-12-2-8-15(9-3-12)19-11-17(10-18)14-6-4-13(16)5-7-14/h2-10H,11H2,1H3. The van der Waals surface area contributed by atoms with Gasteiger partial charge >= 0.3 is 0 Å². The molecule has 0 aliphatic heterocycles. The fourth-order valence-electron chi connectivity index (χ4n) is 1.58. The second-order valence-corrected chi connectivity index (χ2v) is 5.16. The summed E-state index contributed by atoms with van der Waals surface area (Å²) < 4.78 is 12.8. The monoisotopic (exact) mass is 275 g/mol. The zero-order chi connectivity index (χ0) is 13.7. The predicted octanol–water partition coefficient (Wildman–Crippen LogP) is 3.85. The van der Waals surface area contributed by atoms with E-state index in [2.05, 4.69) is 0 Å². The lowest BCUT2D eigenvalue weighted by atomic mass is 10.2. The molecule has 0 N–H and O–H groups in total. The first-order chi connectivity index (χ1) is 9.19. The van der Waals surface area contributed by atoms with Gasteiger partial charge in [-0.15, -0.1) is 11.8 Å². The minimum absolute atomic E-state index is 0.305. The zero-order valence-corrected chi connectivity index (χ0v) is 11.4. The molecular weight excluding hydrogens is 261 g/mol. The van der Waals surface area contributed by atoms with Gasteiger partial charge in [-0.05, 0) is 43.3 Å². The first kappa shape index (κ1) is 13.6. The van der Waals surface area contributed by atoms with Gasteiger partial charge in [-0.3, -0.25) is 4.79 Å². The van der Waals surface area contributed by atoms with Crippen LogP contribution < -0.4 is 4.90 Å². The van der Waals surface area contributed by atoms with Gasteiger partial charge in [-0.1, -0.05) is 17.7 Å². The van der Waals surface area contributed by atoms with E-state index in [4.69, 9.17) is 0 Å². The maximum Gasteiger partial charge on any atom is 0.214 e. The van der Waals surface area contributed by atoms with Crippen molar-refractivity contribution in [3.8, 4) is 0 Å². The Bertz CT molecular complexity index is 539. The number of hydrogen-bond acceptors (Lipinski definition) is 2. The molecule has 19 heavy (non-hydrogen) atoms. The molecule has 0 heterocycles. The largest absolute Gasteiger partial charge is 0.305 e. The molecule has 2 aromatic rings. The van der Waals surface area contributed by atoms with E-state index < -0.39 is 0 Å². The molecule has 0 spiro atoms. The van der Waals surface area contributed by atoms with Crippen molar-refractivity contribution in [3.63, 3.8) is 0 Å². The molecule has 4 heteroatoms. The highest BCUT2D eigenvalue weighted by atomic mass is 32.2. The second-order valence-electron chi connectivity index (χ2n) is 4.14. The van der Waals surface area contributed by atoms with E-state index >= 15 is 0 Å². The summed E-state index contributed by atoms with van der Waals surface area (Å²) in [6, 6.07) is 14.0. The molecule has 0 aliphatic rings. The number of aryl methyl sites for hydroxylation is 1. The number of benzene rings is 2. The summed E-state index contributed by atoms with van der Waals surface area (Å²) >= 11 is 1.56. The molecule has 98 valence electrons. The summed E-state index contributed by atoms with van der Waals surface area (Å²) in [7, 11) is 0. The molecule has 0 saturated heterocycles. The van der Waals surface area contributed by atoms with Crippen molar-refractivity contribution in [2.45, 2.75) is 11.8 Å². The fraction of sp³-hybridized carbons (Fsp3) is 0.133. The Kier molecular flexibility index (Phi) is 4.58. The molecule has 0 unspecified atom stereocenters. The van der Waals surface area contributed by atoms with Crippen LogP contribution in [0.3, 0.4) is 0 Å². The summed E-state index contributed by atoms with van der Waals surface area (Å²) in [5.74, 6) is 0.193. The number of amides is 1. The normalized spacial score (nSPS) is 10.2. The lowest BCUT2D eigenvalue weighted by Gasteiger charge is -2.16. The lowest BCUT2D eigenvalue weighted by molar-refractivity contribution is -0.107. The third-order valence-corrected chi connectivity index (χ3v) is 3.69. The molecule has 0 aromatic heterocycles. The smallest absolute Gasteiger partial charge is 0.214 e. The van der Waals surface area contributed by atoms with Gasteiger partial charge in [0.05, 0.1) is 5.88 Å². The number of carbonyl (C=O) groups is 1. The van der Waals surface area contributed by atoms with E-state index in [1.807, 2.05) is 31.2 Å². The van der Waals surface area contributed by atoms with Crippen LogP contribution in [0.5, 0.6) is 0 Å². The number of nitrogens with zero attached hydrogens (tertiary/aromatic N) is 1. The maximum atomic E-state index is 12.8. The van der Waals surface area contributed by atoms with Gasteiger partial charge in [-0.2, -0.15) is 0 Å². The quantitative estimate of drug-likeness (QED) is 0.469. The summed E-state index contributed by atoms with van der Waals surface area (Å²) in [6.45, 7) is 2.03. The Hall–Kier alpha value is -1.81. The van der Waals surface area contributed by atoms with Gasteiger partial charge in [0.2, 0.25) is 6.41 Å². The van der Waals surface area contributed by atoms with Gasteiger partial charge in [0.25, 0.3) is 0 Å². The number of carbonyl (C=O) groups excluding carboxylic acids is 1. The van der Waals surface area contributed by atoms with Crippen molar-refractivity contribution in [2.75, 3.05) is 10.8 Å². The molecule has 2 aromatic carbocycles. The minimum Gasteiger partial charge on any atom is -0.305 e. The highest BCUT2D eigenvalue weighted by molar-refractivity contribution is 7.99. The van der Waals surface area contributed by atoms with Crippen molar-refractivity contribution in [3.05, 3.63) is 59.9 Å². The zero-order valence-electron chi connectivity index (χ0n) is 10.5. The fourth-order valence-corrected chi connectivity index (χ4v) is 2.40. The average Bonchev–Trinajstić information content (AvgIpc) is 2.43. The van der Waals surface area contributed by atoms with Gasteiger partial charge in [-0.25, -0.2) is 4.39 Å². The Morgan fingerprint density at radius 2 is 1.74 bits per heavy atom. The van der Waals surface area contributed by atoms with Crippen molar-refractivity contribution in [2.24, 2.45) is 0 Å². The van der Waals surface area contributed by atoms with E-state index in [1.54, 1.807) is 28.8 Å². The first-order valence-electron chi connectivity index (χ1n) is 5.86. The van der Waals surface area contributed by atoms with E-state index in [1.165, 1.54) is 17.7 Å². The van der Waals surface area contributed by atoms with Crippen LogP contribution in [0.2, 0.25) is 0 Å². The Morgan fingerprint density at radius 3 is 2.32 bits per heavy atom. The van der Waals surface area contributed by atoms with Crippen LogP contribution >= 0.6 is 11.8 Å². The topological polar surface area (TPSA) is 20.3 Å². The number of halogens is 1. The van der Waals surface area contributed by atoms with Crippen LogP contribution in [0, 0.1) is 12.7 Å². The molecule has 0 aliphatic carbocycles. The van der Waals surface area contributed by atoms with E-state index in [9.17, 15) is 9.18 Å². The molecule has 0 atom stereocenters. The van der Waals surface area contributed by atoms with Crippen molar-refractivity contribution < 1.29 is 9.18 Å². The van der Waals surface area contributed by atoms with E-state index in [-0.39, 0.29) is 5.82 Å². The van der Waals surface area contributed by atoms with Crippen molar-refractivity contribution in [1.82, 2.24) is 0 Å². The van der Waals surface area contributed by atoms with E-state index in [0.29, 0.717) is 11.6 Å². The Balaban J connectivity index is 2.01. The van der Waals surface area contributed by atoms with Crippen LogP contribution in [-0.2, 0) is 4.79 Å². The number of hydrogen-bond donors (Lipinski definition) is 0. The van der Waals surface area contributed by atoms with Gasteiger partial charge < -0.3 is 4.90 Å². The number of anilines is 1. The van der Waals surface area contributed by atoms with E-state index in [0.717, 1.165) is 11.3 Å². The Labute approximate surface area is 116 Å². The summed E-state index contributed by atoms with van der Waals surface area (Å²) in [6.07, 6.45) is 0.758. The molecular formula is C15H14FNOS. The molecule has 0 bridgehead atoms. The van der Waals surface area contributed by atoms with Crippen LogP contribution in [0.25, 0.3) is 0 Å². The van der Waals surface area contributed by atoms with Crippen LogP contribution in [0.1, 0.15) is 5.56 Å². The van der Waals surface area contributed by atoms with Crippen molar-refractivity contribution >= 4 is 23.9 Å². The predicted molar refractivity (Wildman–Crippen MR) is 76.8 cm³/mol. The second kappa shape index (κ2) is 6.38. The Morgan fingerprint density at radius 1 is 1.11 bits per heavy atom. The molecule has 2 rings (SSSR count). The SMILES string of the molecule is Cc1ccc(SCN(C=O)c2ccc(F)cc2)cc1. The van der Waals surface area contributed by atoms with Gasteiger partial charge in [0.1, 0.15) is 5.82 Å². The van der Waals surface area contributed by atoms with Crippen LogP contribution in [0.15, 0.2) is 53.4 Å². The van der Waals surface area contributed by atoms with Crippen LogP contribution in [-0.4, -0.2) is 12.3 Å². The molecule has 1 amide bonds.